The van der Waals surface area contributed by atoms with Crippen LogP contribution in [0.15, 0.2) is 42.6 Å². The fraction of sp³-hybridized carbons (Fsp3) is 0.333. The largest absolute Gasteiger partial charge is 0.439 e. The molecule has 2 fully saturated rings. The van der Waals surface area contributed by atoms with Crippen LogP contribution >= 0.6 is 0 Å². The number of urea groups is 1. The van der Waals surface area contributed by atoms with Gasteiger partial charge in [0.2, 0.25) is 11.8 Å². The van der Waals surface area contributed by atoms with Gasteiger partial charge in [-0.1, -0.05) is 12.1 Å². The first-order valence-electron chi connectivity index (χ1n) is 9.64. The highest BCUT2D eigenvalue weighted by Gasteiger charge is 2.56. The molecule has 1 saturated carbocycles. The third-order valence-electron chi connectivity index (χ3n) is 5.30. The number of carbonyl (C=O) groups is 3. The molecule has 2 aliphatic rings. The monoisotopic (exact) mass is 412 g/mol. The number of nitrogens with zero attached hydrogens (tertiary/aromatic N) is 2. The summed E-state index contributed by atoms with van der Waals surface area (Å²) in [7, 11) is 0. The van der Waals surface area contributed by atoms with E-state index in [4.69, 9.17) is 4.74 Å². The van der Waals surface area contributed by atoms with Gasteiger partial charge in [0.15, 0.2) is 0 Å². The molecule has 1 aromatic carbocycles. The van der Waals surface area contributed by atoms with Crippen molar-refractivity contribution in [2.75, 3.05) is 6.54 Å². The average Bonchev–Trinajstić information content (AvgIpc) is 3.54. The van der Waals surface area contributed by atoms with Crippen LogP contribution in [-0.4, -0.2) is 39.8 Å². The Bertz CT molecular complexity index is 993. The maximum absolute atomic E-state index is 13.2. The predicted molar refractivity (Wildman–Crippen MR) is 104 cm³/mol. The Kier molecular flexibility index (Phi) is 5.11. The van der Waals surface area contributed by atoms with E-state index >= 15 is 0 Å². The number of imide groups is 1. The number of pyridine rings is 1. The van der Waals surface area contributed by atoms with E-state index in [9.17, 15) is 18.8 Å². The van der Waals surface area contributed by atoms with Crippen molar-refractivity contribution in [3.05, 3.63) is 54.0 Å². The van der Waals surface area contributed by atoms with Crippen LogP contribution in [0, 0.1) is 11.7 Å². The van der Waals surface area contributed by atoms with Gasteiger partial charge in [0.25, 0.3) is 5.91 Å². The van der Waals surface area contributed by atoms with Crippen molar-refractivity contribution in [3.63, 3.8) is 0 Å². The summed E-state index contributed by atoms with van der Waals surface area (Å²) in [5, 5.41) is 5.38. The lowest BCUT2D eigenvalue weighted by Crippen LogP contribution is -2.46. The Morgan fingerprint density at radius 1 is 1.33 bits per heavy atom. The Hall–Kier alpha value is -3.49. The molecular weight excluding hydrogens is 391 g/mol. The van der Waals surface area contributed by atoms with Crippen LogP contribution in [-0.2, 0) is 16.1 Å². The van der Waals surface area contributed by atoms with E-state index in [2.05, 4.69) is 15.6 Å². The first kappa shape index (κ1) is 19.8. The molecule has 1 unspecified atom stereocenters. The number of nitrogens with one attached hydrogen (secondary N) is 2. The minimum absolute atomic E-state index is 0.140. The molecule has 2 heterocycles. The summed E-state index contributed by atoms with van der Waals surface area (Å²) in [6.07, 6.45) is 3.32. The maximum Gasteiger partial charge on any atom is 0.325 e. The lowest BCUT2D eigenvalue weighted by Gasteiger charge is -2.20. The number of halogens is 1. The molecule has 4 rings (SSSR count). The van der Waals surface area contributed by atoms with E-state index < -0.39 is 23.3 Å². The quantitative estimate of drug-likeness (QED) is 0.680. The molecule has 1 aliphatic heterocycles. The molecule has 0 bridgehead atoms. The number of ether oxygens (including phenoxy) is 1. The van der Waals surface area contributed by atoms with E-state index in [-0.39, 0.29) is 30.8 Å². The summed E-state index contributed by atoms with van der Waals surface area (Å²) >= 11 is 0. The van der Waals surface area contributed by atoms with Crippen LogP contribution in [0.4, 0.5) is 9.18 Å². The number of amides is 4. The van der Waals surface area contributed by atoms with Gasteiger partial charge in [-0.25, -0.2) is 14.2 Å². The summed E-state index contributed by atoms with van der Waals surface area (Å²) < 4.78 is 18.7. The SMILES string of the molecule is CC1(C2CC2)NC(=O)N(CC(=O)NCc2ccc(Oc3cccc(F)c3)nc2)C1=O. The zero-order chi connectivity index (χ0) is 21.3. The Morgan fingerprint density at radius 3 is 2.80 bits per heavy atom. The number of hydrogen-bond acceptors (Lipinski definition) is 5. The topological polar surface area (TPSA) is 101 Å². The standard InChI is InChI=1S/C21H21FN4O4/c1-21(14-6-7-14)19(28)26(20(29)25-21)12-17(27)23-10-13-5-8-18(24-11-13)30-16-4-2-3-15(22)9-16/h2-5,8-9,11,14H,6-7,10,12H2,1H3,(H,23,27)(H,25,29). The summed E-state index contributed by atoms with van der Waals surface area (Å²) in [6, 6.07) is 8.49. The number of hydrogen-bond donors (Lipinski definition) is 2. The van der Waals surface area contributed by atoms with Gasteiger partial charge in [-0.3, -0.25) is 14.5 Å². The van der Waals surface area contributed by atoms with E-state index in [1.54, 1.807) is 25.1 Å². The first-order valence-corrected chi connectivity index (χ1v) is 9.64. The molecule has 9 heteroatoms. The van der Waals surface area contributed by atoms with Crippen molar-refractivity contribution in [1.29, 1.82) is 0 Å². The van der Waals surface area contributed by atoms with Gasteiger partial charge in [0.05, 0.1) is 0 Å². The fourth-order valence-corrected chi connectivity index (χ4v) is 3.42. The molecular formula is C21H21FN4O4. The normalized spacial score (nSPS) is 20.8. The summed E-state index contributed by atoms with van der Waals surface area (Å²) in [5.41, 5.74) is -0.200. The van der Waals surface area contributed by atoms with Gasteiger partial charge in [0.1, 0.15) is 23.7 Å². The van der Waals surface area contributed by atoms with Crippen molar-refractivity contribution < 1.29 is 23.5 Å². The third-order valence-corrected chi connectivity index (χ3v) is 5.30. The van der Waals surface area contributed by atoms with Crippen LogP contribution in [0.25, 0.3) is 0 Å². The van der Waals surface area contributed by atoms with Crippen LogP contribution in [0.2, 0.25) is 0 Å². The summed E-state index contributed by atoms with van der Waals surface area (Å²) in [5.74, 6) is -0.454. The summed E-state index contributed by atoms with van der Waals surface area (Å²) in [6.45, 7) is 1.55. The molecule has 2 aromatic rings. The van der Waals surface area contributed by atoms with E-state index in [0.717, 1.165) is 17.7 Å². The van der Waals surface area contributed by atoms with Crippen LogP contribution in [0.3, 0.4) is 0 Å². The van der Waals surface area contributed by atoms with Crippen molar-refractivity contribution in [2.24, 2.45) is 5.92 Å². The highest BCUT2D eigenvalue weighted by molar-refractivity contribution is 6.09. The fourth-order valence-electron chi connectivity index (χ4n) is 3.42. The van der Waals surface area contributed by atoms with Crippen molar-refractivity contribution in [1.82, 2.24) is 20.5 Å². The predicted octanol–water partition coefficient (Wildman–Crippen LogP) is 2.35. The van der Waals surface area contributed by atoms with Gasteiger partial charge in [0, 0.05) is 24.9 Å². The van der Waals surface area contributed by atoms with Gasteiger partial charge < -0.3 is 15.4 Å². The first-order chi connectivity index (χ1) is 14.3. The highest BCUT2D eigenvalue weighted by Crippen LogP contribution is 2.42. The maximum atomic E-state index is 13.2. The molecule has 1 saturated heterocycles. The molecule has 1 aliphatic carbocycles. The highest BCUT2D eigenvalue weighted by atomic mass is 19.1. The zero-order valence-electron chi connectivity index (χ0n) is 16.4. The Labute approximate surface area is 172 Å². The minimum atomic E-state index is -0.904. The van der Waals surface area contributed by atoms with Crippen LogP contribution in [0.5, 0.6) is 11.6 Å². The van der Waals surface area contributed by atoms with E-state index in [0.29, 0.717) is 11.3 Å². The molecule has 4 amide bonds. The summed E-state index contributed by atoms with van der Waals surface area (Å²) in [4.78, 5) is 42.0. The second-order valence-corrected chi connectivity index (χ2v) is 7.64. The average molecular weight is 412 g/mol. The van der Waals surface area contributed by atoms with Gasteiger partial charge >= 0.3 is 6.03 Å². The van der Waals surface area contributed by atoms with Gasteiger partial charge in [-0.2, -0.15) is 0 Å². The van der Waals surface area contributed by atoms with Crippen LogP contribution < -0.4 is 15.4 Å². The molecule has 1 atom stereocenters. The molecule has 1 aromatic heterocycles. The lowest BCUT2D eigenvalue weighted by atomic mass is 9.96. The molecule has 0 radical (unpaired) electrons. The Balaban J connectivity index is 1.29. The number of carbonyl (C=O) groups excluding carboxylic acids is 3. The number of benzene rings is 1. The third kappa shape index (κ3) is 4.10. The Morgan fingerprint density at radius 2 is 2.13 bits per heavy atom. The van der Waals surface area contributed by atoms with Crippen molar-refractivity contribution in [2.45, 2.75) is 31.8 Å². The molecule has 8 nitrogen and oxygen atoms in total. The van der Waals surface area contributed by atoms with Gasteiger partial charge in [-0.05, 0) is 43.4 Å². The molecule has 30 heavy (non-hydrogen) atoms. The number of rotatable bonds is 7. The van der Waals surface area contributed by atoms with Gasteiger partial charge in [-0.15, -0.1) is 0 Å². The minimum Gasteiger partial charge on any atom is -0.439 e. The van der Waals surface area contributed by atoms with Crippen LogP contribution in [0.1, 0.15) is 25.3 Å². The van der Waals surface area contributed by atoms with E-state index in [1.807, 2.05) is 0 Å². The lowest BCUT2D eigenvalue weighted by molar-refractivity contribution is -0.135. The number of aromatic nitrogens is 1. The second kappa shape index (κ2) is 7.74. The molecule has 2 N–H and O–H groups in total. The smallest absolute Gasteiger partial charge is 0.325 e. The second-order valence-electron chi connectivity index (χ2n) is 7.64. The van der Waals surface area contributed by atoms with Crippen molar-refractivity contribution >= 4 is 17.8 Å². The molecule has 0 spiro atoms. The molecule has 156 valence electrons. The zero-order valence-corrected chi connectivity index (χ0v) is 16.4. The van der Waals surface area contributed by atoms with Crippen molar-refractivity contribution in [3.8, 4) is 11.6 Å². The van der Waals surface area contributed by atoms with E-state index in [1.165, 1.54) is 24.4 Å².